The van der Waals surface area contributed by atoms with Gasteiger partial charge in [-0.05, 0) is 23.3 Å². The molecule has 72 valence electrons. The fraction of sp³-hybridized carbons (Fsp3) is 0.538. The second-order valence-corrected chi connectivity index (χ2v) is 4.87. The molecular formula is C13H20. The second-order valence-electron chi connectivity index (χ2n) is 4.87. The minimum absolute atomic E-state index is 0.279. The molecule has 0 saturated carbocycles. The van der Waals surface area contributed by atoms with Crippen molar-refractivity contribution in [1.29, 1.82) is 0 Å². The van der Waals surface area contributed by atoms with Crippen LogP contribution in [-0.2, 0) is 0 Å². The van der Waals surface area contributed by atoms with E-state index in [2.05, 4.69) is 58.1 Å². The predicted octanol–water partition coefficient (Wildman–Crippen LogP) is 4.11. The minimum atomic E-state index is 0.279. The molecule has 1 unspecified atom stereocenters. The van der Waals surface area contributed by atoms with Gasteiger partial charge in [-0.2, -0.15) is 0 Å². The smallest absolute Gasteiger partial charge is 0.0135 e. The molecule has 0 spiro atoms. The molecule has 0 aromatic carbocycles. The van der Waals surface area contributed by atoms with Gasteiger partial charge in [0.25, 0.3) is 0 Å². The highest BCUT2D eigenvalue weighted by Gasteiger charge is 2.14. The maximum atomic E-state index is 2.37. The van der Waals surface area contributed by atoms with E-state index in [1.54, 1.807) is 0 Å². The Morgan fingerprint density at radius 3 is 2.54 bits per heavy atom. The zero-order valence-electron chi connectivity index (χ0n) is 9.17. The molecule has 0 amide bonds. The quantitative estimate of drug-likeness (QED) is 0.521. The third-order valence-corrected chi connectivity index (χ3v) is 2.40. The van der Waals surface area contributed by atoms with Crippen LogP contribution in [0.25, 0.3) is 0 Å². The summed E-state index contributed by atoms with van der Waals surface area (Å²) < 4.78 is 0. The fourth-order valence-corrected chi connectivity index (χ4v) is 1.43. The highest BCUT2D eigenvalue weighted by Crippen LogP contribution is 2.28. The number of allylic oxidation sites excluding steroid dienone is 6. The van der Waals surface area contributed by atoms with Crippen LogP contribution in [0.3, 0.4) is 0 Å². The van der Waals surface area contributed by atoms with Crippen LogP contribution in [0.15, 0.2) is 36.0 Å². The van der Waals surface area contributed by atoms with Crippen LogP contribution in [0, 0.1) is 11.3 Å². The average Bonchev–Trinajstić information content (AvgIpc) is 1.94. The monoisotopic (exact) mass is 176 g/mol. The van der Waals surface area contributed by atoms with Crippen LogP contribution in [0.4, 0.5) is 0 Å². The Morgan fingerprint density at radius 2 is 1.92 bits per heavy atom. The molecule has 0 heteroatoms. The van der Waals surface area contributed by atoms with E-state index in [1.165, 1.54) is 5.57 Å². The number of rotatable bonds is 0. The molecule has 1 aliphatic rings. The summed E-state index contributed by atoms with van der Waals surface area (Å²) in [4.78, 5) is 0. The Kier molecular flexibility index (Phi) is 3.13. The first-order chi connectivity index (χ1) is 6.00. The maximum absolute atomic E-state index is 2.37. The van der Waals surface area contributed by atoms with Crippen molar-refractivity contribution in [2.24, 2.45) is 11.3 Å². The maximum Gasteiger partial charge on any atom is -0.0135 e. The van der Waals surface area contributed by atoms with Crippen molar-refractivity contribution >= 4 is 0 Å². The van der Waals surface area contributed by atoms with Gasteiger partial charge >= 0.3 is 0 Å². The Bertz CT molecular complexity index is 246. The van der Waals surface area contributed by atoms with E-state index < -0.39 is 0 Å². The first kappa shape index (κ1) is 10.3. The van der Waals surface area contributed by atoms with Crippen molar-refractivity contribution in [3.05, 3.63) is 36.0 Å². The van der Waals surface area contributed by atoms with Crippen molar-refractivity contribution in [3.8, 4) is 0 Å². The number of hydrogen-bond acceptors (Lipinski definition) is 0. The minimum Gasteiger partial charge on any atom is -0.0814 e. The Labute approximate surface area is 82.0 Å². The van der Waals surface area contributed by atoms with E-state index in [1.807, 2.05) is 0 Å². The SMILES string of the molecule is CC1\C=C/C=C\C(C(C)(C)C)=C\C1. The molecule has 0 fully saturated rings. The van der Waals surface area contributed by atoms with Gasteiger partial charge in [-0.1, -0.05) is 58.1 Å². The third-order valence-electron chi connectivity index (χ3n) is 2.40. The summed E-state index contributed by atoms with van der Waals surface area (Å²) in [7, 11) is 0. The van der Waals surface area contributed by atoms with Gasteiger partial charge in [-0.15, -0.1) is 0 Å². The molecule has 0 heterocycles. The third kappa shape index (κ3) is 3.22. The zero-order chi connectivity index (χ0) is 9.90. The molecule has 0 radical (unpaired) electrons. The van der Waals surface area contributed by atoms with E-state index in [4.69, 9.17) is 0 Å². The Hall–Kier alpha value is -0.780. The molecule has 0 N–H and O–H groups in total. The lowest BCUT2D eigenvalue weighted by Crippen LogP contribution is -2.08. The summed E-state index contributed by atoms with van der Waals surface area (Å²) in [6, 6.07) is 0. The standard InChI is InChI=1S/C13H20/c1-11-7-5-6-8-12(10-9-11)13(2,3)4/h5-8,10-11H,9H2,1-4H3/b7-5-,8-6-,12-10-. The molecule has 0 aromatic rings. The molecule has 0 aliphatic heterocycles. The van der Waals surface area contributed by atoms with Crippen LogP contribution in [-0.4, -0.2) is 0 Å². The van der Waals surface area contributed by atoms with Gasteiger partial charge in [0.05, 0.1) is 0 Å². The molecule has 1 rings (SSSR count). The van der Waals surface area contributed by atoms with Crippen molar-refractivity contribution in [3.63, 3.8) is 0 Å². The van der Waals surface area contributed by atoms with E-state index in [0.717, 1.165) is 6.42 Å². The Morgan fingerprint density at radius 1 is 1.23 bits per heavy atom. The van der Waals surface area contributed by atoms with Gasteiger partial charge in [0, 0.05) is 0 Å². The summed E-state index contributed by atoms with van der Waals surface area (Å²) in [6.45, 7) is 9.05. The van der Waals surface area contributed by atoms with E-state index in [0.29, 0.717) is 5.92 Å². The molecule has 0 bridgehead atoms. The molecule has 0 aromatic heterocycles. The van der Waals surface area contributed by atoms with E-state index in [9.17, 15) is 0 Å². The summed E-state index contributed by atoms with van der Waals surface area (Å²) in [5, 5.41) is 0. The normalized spacial score (nSPS) is 32.6. The largest absolute Gasteiger partial charge is 0.0814 e. The van der Waals surface area contributed by atoms with Gasteiger partial charge in [0.2, 0.25) is 0 Å². The lowest BCUT2D eigenvalue weighted by molar-refractivity contribution is 0.512. The molecular weight excluding hydrogens is 156 g/mol. The summed E-state index contributed by atoms with van der Waals surface area (Å²) in [5.41, 5.74) is 1.73. The van der Waals surface area contributed by atoms with Crippen LogP contribution >= 0.6 is 0 Å². The van der Waals surface area contributed by atoms with E-state index in [-0.39, 0.29) is 5.41 Å². The van der Waals surface area contributed by atoms with Crippen LogP contribution in [0.5, 0.6) is 0 Å². The van der Waals surface area contributed by atoms with Gasteiger partial charge in [0.1, 0.15) is 0 Å². The highest BCUT2D eigenvalue weighted by atomic mass is 14.2. The first-order valence-corrected chi connectivity index (χ1v) is 5.05. The second kappa shape index (κ2) is 3.95. The topological polar surface area (TPSA) is 0 Å². The van der Waals surface area contributed by atoms with Crippen LogP contribution in [0.2, 0.25) is 0 Å². The predicted molar refractivity (Wildman–Crippen MR) is 59.6 cm³/mol. The van der Waals surface area contributed by atoms with Crippen LogP contribution < -0.4 is 0 Å². The molecule has 13 heavy (non-hydrogen) atoms. The lowest BCUT2D eigenvalue weighted by atomic mass is 9.84. The van der Waals surface area contributed by atoms with Crippen molar-refractivity contribution in [2.45, 2.75) is 34.1 Å². The molecule has 0 saturated heterocycles. The molecule has 1 aliphatic carbocycles. The first-order valence-electron chi connectivity index (χ1n) is 5.05. The summed E-state index contributed by atoms with van der Waals surface area (Å²) in [5.74, 6) is 0.669. The molecule has 0 nitrogen and oxygen atoms in total. The van der Waals surface area contributed by atoms with Gasteiger partial charge in [0.15, 0.2) is 0 Å². The van der Waals surface area contributed by atoms with Gasteiger partial charge < -0.3 is 0 Å². The number of hydrogen-bond donors (Lipinski definition) is 0. The lowest BCUT2D eigenvalue weighted by Gasteiger charge is -2.21. The Balaban J connectivity index is 2.86. The molecule has 1 atom stereocenters. The highest BCUT2D eigenvalue weighted by molar-refractivity contribution is 5.29. The van der Waals surface area contributed by atoms with Crippen LogP contribution in [0.1, 0.15) is 34.1 Å². The van der Waals surface area contributed by atoms with E-state index >= 15 is 0 Å². The zero-order valence-corrected chi connectivity index (χ0v) is 9.17. The fourth-order valence-electron chi connectivity index (χ4n) is 1.43. The average molecular weight is 176 g/mol. The summed E-state index contributed by atoms with van der Waals surface area (Å²) >= 11 is 0. The van der Waals surface area contributed by atoms with Crippen molar-refractivity contribution < 1.29 is 0 Å². The summed E-state index contributed by atoms with van der Waals surface area (Å²) in [6.07, 6.45) is 12.3. The van der Waals surface area contributed by atoms with Crippen molar-refractivity contribution in [2.75, 3.05) is 0 Å². The van der Waals surface area contributed by atoms with Gasteiger partial charge in [-0.25, -0.2) is 0 Å². The van der Waals surface area contributed by atoms with Gasteiger partial charge in [-0.3, -0.25) is 0 Å². The van der Waals surface area contributed by atoms with Crippen molar-refractivity contribution in [1.82, 2.24) is 0 Å².